The molecule has 0 saturated heterocycles. The molecule has 1 aromatic carbocycles. The minimum atomic E-state index is -0.292. The van der Waals surface area contributed by atoms with Crippen molar-refractivity contribution in [1.29, 1.82) is 0 Å². The molecule has 0 spiro atoms. The third kappa shape index (κ3) is 4.36. The second kappa shape index (κ2) is 7.32. The van der Waals surface area contributed by atoms with Crippen LogP contribution in [0.4, 0.5) is 4.39 Å². The molecule has 2 aromatic rings. The number of aryl methyl sites for hydroxylation is 2. The van der Waals surface area contributed by atoms with Crippen molar-refractivity contribution in [3.05, 3.63) is 64.7 Å². The zero-order valence-corrected chi connectivity index (χ0v) is 13.0. The first-order valence-electron chi connectivity index (χ1n) is 7.51. The molecule has 112 valence electrons. The van der Waals surface area contributed by atoms with Crippen molar-refractivity contribution in [2.24, 2.45) is 0 Å². The van der Waals surface area contributed by atoms with Gasteiger partial charge in [0.1, 0.15) is 5.82 Å². The molecule has 0 radical (unpaired) electrons. The Kier molecular flexibility index (Phi) is 5.45. The summed E-state index contributed by atoms with van der Waals surface area (Å²) in [5, 5.41) is 3.52. The standard InChI is InChI=1S/C18H23FN2/c1-4-9-20-18(17-8-7-16(19)12-21-17)11-15-10-13(2)5-6-14(15)3/h5-8,10,12,18,20H,4,9,11H2,1-3H3. The van der Waals surface area contributed by atoms with Crippen LogP contribution in [0.5, 0.6) is 0 Å². The van der Waals surface area contributed by atoms with E-state index >= 15 is 0 Å². The molecule has 21 heavy (non-hydrogen) atoms. The van der Waals surface area contributed by atoms with Gasteiger partial charge >= 0.3 is 0 Å². The van der Waals surface area contributed by atoms with Gasteiger partial charge in [0.05, 0.1) is 17.9 Å². The van der Waals surface area contributed by atoms with E-state index < -0.39 is 0 Å². The van der Waals surface area contributed by atoms with E-state index in [0.29, 0.717) is 0 Å². The van der Waals surface area contributed by atoms with Crippen LogP contribution in [0.1, 0.15) is 41.8 Å². The topological polar surface area (TPSA) is 24.9 Å². The molecule has 0 aliphatic carbocycles. The molecule has 2 rings (SSSR count). The summed E-state index contributed by atoms with van der Waals surface area (Å²) in [5.74, 6) is -0.292. The maximum Gasteiger partial charge on any atom is 0.141 e. The Morgan fingerprint density at radius 1 is 1.19 bits per heavy atom. The molecule has 3 heteroatoms. The zero-order chi connectivity index (χ0) is 15.2. The van der Waals surface area contributed by atoms with Crippen LogP contribution < -0.4 is 5.32 Å². The smallest absolute Gasteiger partial charge is 0.141 e. The predicted octanol–water partition coefficient (Wildman–Crippen LogP) is 4.12. The fraction of sp³-hybridized carbons (Fsp3) is 0.389. The highest BCUT2D eigenvalue weighted by atomic mass is 19.1. The van der Waals surface area contributed by atoms with Crippen molar-refractivity contribution in [2.45, 2.75) is 39.7 Å². The SMILES string of the molecule is CCCNC(Cc1cc(C)ccc1C)c1ccc(F)cn1. The molecular weight excluding hydrogens is 263 g/mol. The van der Waals surface area contributed by atoms with Gasteiger partial charge in [0, 0.05) is 0 Å². The molecule has 1 N–H and O–H groups in total. The Bertz CT molecular complexity index is 578. The van der Waals surface area contributed by atoms with Gasteiger partial charge in [-0.2, -0.15) is 0 Å². The summed E-state index contributed by atoms with van der Waals surface area (Å²) in [6.07, 6.45) is 3.22. The summed E-state index contributed by atoms with van der Waals surface area (Å²) in [6.45, 7) is 7.30. The van der Waals surface area contributed by atoms with Crippen molar-refractivity contribution < 1.29 is 4.39 Å². The highest BCUT2D eigenvalue weighted by Gasteiger charge is 2.14. The van der Waals surface area contributed by atoms with Crippen molar-refractivity contribution in [3.63, 3.8) is 0 Å². The van der Waals surface area contributed by atoms with Gasteiger partial charge in [0.25, 0.3) is 0 Å². The van der Waals surface area contributed by atoms with Crippen molar-refractivity contribution >= 4 is 0 Å². The van der Waals surface area contributed by atoms with Crippen LogP contribution in [-0.2, 0) is 6.42 Å². The molecule has 0 amide bonds. The minimum absolute atomic E-state index is 0.117. The minimum Gasteiger partial charge on any atom is -0.308 e. The van der Waals surface area contributed by atoms with Crippen molar-refractivity contribution in [2.75, 3.05) is 6.54 Å². The third-order valence-corrected chi connectivity index (χ3v) is 3.68. The lowest BCUT2D eigenvalue weighted by molar-refractivity contribution is 0.513. The first kappa shape index (κ1) is 15.6. The summed E-state index contributed by atoms with van der Waals surface area (Å²) < 4.78 is 13.1. The molecule has 2 nitrogen and oxygen atoms in total. The molecule has 0 aliphatic heterocycles. The number of hydrogen-bond acceptors (Lipinski definition) is 2. The Labute approximate surface area is 126 Å². The second-order valence-corrected chi connectivity index (χ2v) is 5.54. The average molecular weight is 286 g/mol. The van der Waals surface area contributed by atoms with E-state index in [4.69, 9.17) is 0 Å². The van der Waals surface area contributed by atoms with Gasteiger partial charge in [-0.25, -0.2) is 4.39 Å². The maximum atomic E-state index is 13.1. The van der Waals surface area contributed by atoms with Crippen molar-refractivity contribution in [3.8, 4) is 0 Å². The molecule has 0 fully saturated rings. The number of pyridine rings is 1. The Morgan fingerprint density at radius 2 is 2.00 bits per heavy atom. The van der Waals surface area contributed by atoms with Crippen LogP contribution in [0.3, 0.4) is 0 Å². The molecule has 0 saturated carbocycles. The van der Waals surface area contributed by atoms with Crippen LogP contribution in [-0.4, -0.2) is 11.5 Å². The number of nitrogens with one attached hydrogen (secondary N) is 1. The number of rotatable bonds is 6. The highest BCUT2D eigenvalue weighted by Crippen LogP contribution is 2.20. The fourth-order valence-corrected chi connectivity index (χ4v) is 2.43. The lowest BCUT2D eigenvalue weighted by Gasteiger charge is -2.19. The molecule has 0 aliphatic rings. The van der Waals surface area contributed by atoms with E-state index in [1.54, 1.807) is 6.07 Å². The van der Waals surface area contributed by atoms with Crippen LogP contribution >= 0.6 is 0 Å². The van der Waals surface area contributed by atoms with E-state index in [1.807, 2.05) is 0 Å². The van der Waals surface area contributed by atoms with Crippen LogP contribution in [0, 0.1) is 19.7 Å². The molecular formula is C18H23FN2. The van der Waals surface area contributed by atoms with E-state index in [1.165, 1.54) is 29.0 Å². The normalized spacial score (nSPS) is 12.4. The van der Waals surface area contributed by atoms with E-state index in [9.17, 15) is 4.39 Å². The predicted molar refractivity (Wildman–Crippen MR) is 84.8 cm³/mol. The summed E-state index contributed by atoms with van der Waals surface area (Å²) in [5.41, 5.74) is 4.75. The number of benzene rings is 1. The van der Waals surface area contributed by atoms with Crippen LogP contribution in [0.2, 0.25) is 0 Å². The summed E-state index contributed by atoms with van der Waals surface area (Å²) >= 11 is 0. The number of halogens is 1. The largest absolute Gasteiger partial charge is 0.308 e. The Hall–Kier alpha value is -1.74. The van der Waals surface area contributed by atoms with Gasteiger partial charge in [-0.3, -0.25) is 4.98 Å². The van der Waals surface area contributed by atoms with Gasteiger partial charge < -0.3 is 5.32 Å². The Balaban J connectivity index is 2.23. The lowest BCUT2D eigenvalue weighted by atomic mass is 9.97. The fourth-order valence-electron chi connectivity index (χ4n) is 2.43. The van der Waals surface area contributed by atoms with Gasteiger partial charge in [-0.15, -0.1) is 0 Å². The monoisotopic (exact) mass is 286 g/mol. The first-order chi connectivity index (χ1) is 10.1. The average Bonchev–Trinajstić information content (AvgIpc) is 2.48. The van der Waals surface area contributed by atoms with Gasteiger partial charge in [-0.05, 0) is 56.5 Å². The first-order valence-corrected chi connectivity index (χ1v) is 7.51. The molecule has 1 unspecified atom stereocenters. The molecule has 1 atom stereocenters. The van der Waals surface area contributed by atoms with Gasteiger partial charge in [-0.1, -0.05) is 30.7 Å². The zero-order valence-electron chi connectivity index (χ0n) is 13.0. The molecule has 1 heterocycles. The number of aromatic nitrogens is 1. The van der Waals surface area contributed by atoms with Crippen LogP contribution in [0.25, 0.3) is 0 Å². The maximum absolute atomic E-state index is 13.1. The van der Waals surface area contributed by atoms with Gasteiger partial charge in [0.15, 0.2) is 0 Å². The third-order valence-electron chi connectivity index (χ3n) is 3.68. The number of hydrogen-bond donors (Lipinski definition) is 1. The highest BCUT2D eigenvalue weighted by molar-refractivity contribution is 5.32. The van der Waals surface area contributed by atoms with Gasteiger partial charge in [0.2, 0.25) is 0 Å². The molecule has 0 bridgehead atoms. The summed E-state index contributed by atoms with van der Waals surface area (Å²) in [6, 6.07) is 9.87. The van der Waals surface area contributed by atoms with E-state index in [-0.39, 0.29) is 11.9 Å². The lowest BCUT2D eigenvalue weighted by Crippen LogP contribution is -2.25. The van der Waals surface area contributed by atoms with Crippen LogP contribution in [0.15, 0.2) is 36.5 Å². The van der Waals surface area contributed by atoms with E-state index in [2.05, 4.69) is 49.3 Å². The van der Waals surface area contributed by atoms with Crippen molar-refractivity contribution in [1.82, 2.24) is 10.3 Å². The summed E-state index contributed by atoms with van der Waals surface area (Å²) in [4.78, 5) is 4.24. The number of nitrogens with zero attached hydrogens (tertiary/aromatic N) is 1. The van der Waals surface area contributed by atoms with E-state index in [0.717, 1.165) is 25.1 Å². The quantitative estimate of drug-likeness (QED) is 0.864. The second-order valence-electron chi connectivity index (χ2n) is 5.54. The molecule has 1 aromatic heterocycles. The Morgan fingerprint density at radius 3 is 2.67 bits per heavy atom. The summed E-state index contributed by atoms with van der Waals surface area (Å²) in [7, 11) is 0.